The van der Waals surface area contributed by atoms with E-state index in [1.54, 1.807) is 0 Å². The van der Waals surface area contributed by atoms with Crippen molar-refractivity contribution in [2.24, 2.45) is 0 Å². The lowest BCUT2D eigenvalue weighted by atomic mass is 10.0. The number of hydrogen-bond donors (Lipinski definition) is 2. The lowest BCUT2D eigenvalue weighted by Crippen LogP contribution is -2.38. The van der Waals surface area contributed by atoms with Crippen LogP contribution in [0.4, 0.5) is 4.79 Å². The Labute approximate surface area is 314 Å². The molecule has 0 heterocycles. The molecular formula is C42H81NO6S. The third-order valence-electron chi connectivity index (χ3n) is 9.75. The first-order chi connectivity index (χ1) is 24.5. The van der Waals surface area contributed by atoms with E-state index in [1.165, 1.54) is 167 Å². The number of amides is 1. The number of carbonyl (C=O) groups is 3. The predicted octanol–water partition coefficient (Wildman–Crippen LogP) is 13.3. The van der Waals surface area contributed by atoms with E-state index in [1.807, 2.05) is 0 Å². The van der Waals surface area contributed by atoms with E-state index in [-0.39, 0.29) is 12.8 Å². The van der Waals surface area contributed by atoms with Crippen molar-refractivity contribution in [1.29, 1.82) is 0 Å². The fraction of sp³-hybridized carbons (Fsp3) is 0.929. The largest absolute Gasteiger partial charge is 0.466 e. The molecule has 50 heavy (non-hydrogen) atoms. The van der Waals surface area contributed by atoms with Gasteiger partial charge in [0.2, 0.25) is 0 Å². The summed E-state index contributed by atoms with van der Waals surface area (Å²) in [7, 11) is 0. The summed E-state index contributed by atoms with van der Waals surface area (Å²) in [5.41, 5.74) is 0. The number of unbranched alkanes of at least 4 members (excludes halogenated alkanes) is 30. The minimum atomic E-state index is -0.811. The Bertz CT molecular complexity index is 700. The molecule has 1 N–H and O–H groups in total. The van der Waals surface area contributed by atoms with Crippen LogP contribution in [-0.4, -0.2) is 37.3 Å². The van der Waals surface area contributed by atoms with Crippen molar-refractivity contribution in [3.05, 3.63) is 0 Å². The van der Waals surface area contributed by atoms with E-state index in [0.29, 0.717) is 13.2 Å². The minimum absolute atomic E-state index is 0.115. The number of esters is 2. The monoisotopic (exact) mass is 728 g/mol. The molecule has 0 fully saturated rings. The minimum Gasteiger partial charge on any atom is -0.466 e. The maximum Gasteiger partial charge on any atom is 0.419 e. The number of thiol groups is 1. The smallest absolute Gasteiger partial charge is 0.419 e. The summed E-state index contributed by atoms with van der Waals surface area (Å²) >= 11 is 3.52. The number of rotatable bonds is 39. The fourth-order valence-electron chi connectivity index (χ4n) is 6.56. The third kappa shape index (κ3) is 37.8. The van der Waals surface area contributed by atoms with Crippen molar-refractivity contribution >= 4 is 30.9 Å². The van der Waals surface area contributed by atoms with Crippen LogP contribution in [0.1, 0.15) is 232 Å². The van der Waals surface area contributed by atoms with Gasteiger partial charge < -0.3 is 19.0 Å². The second-order valence-corrected chi connectivity index (χ2v) is 14.9. The Morgan fingerprint density at radius 2 is 0.660 bits per heavy atom. The number of hydrogen-bond acceptors (Lipinski definition) is 7. The van der Waals surface area contributed by atoms with Gasteiger partial charge in [-0.1, -0.05) is 206 Å². The Hall–Kier alpha value is -1.44. The second-order valence-electron chi connectivity index (χ2n) is 14.7. The van der Waals surface area contributed by atoms with Crippen LogP contribution in [-0.2, 0) is 23.2 Å². The maximum absolute atomic E-state index is 12.4. The van der Waals surface area contributed by atoms with Crippen LogP contribution in [0.2, 0.25) is 0 Å². The molecule has 0 aromatic rings. The highest BCUT2D eigenvalue weighted by Gasteiger charge is 2.22. The lowest BCUT2D eigenvalue weighted by Gasteiger charge is -2.16. The molecule has 0 saturated heterocycles. The first kappa shape index (κ1) is 48.6. The quantitative estimate of drug-likeness (QED) is 0.0215. The van der Waals surface area contributed by atoms with E-state index in [4.69, 9.17) is 9.47 Å². The zero-order chi connectivity index (χ0) is 36.6. The maximum atomic E-state index is 12.4. The van der Waals surface area contributed by atoms with Gasteiger partial charge in [-0.3, -0.25) is 9.59 Å². The van der Waals surface area contributed by atoms with Crippen molar-refractivity contribution in [2.75, 3.05) is 13.2 Å². The zero-order valence-corrected chi connectivity index (χ0v) is 33.8. The molecule has 0 radical (unpaired) electrons. The summed E-state index contributed by atoms with van der Waals surface area (Å²) in [5, 5.41) is 2.51. The molecule has 0 aromatic carbocycles. The van der Waals surface area contributed by atoms with E-state index in [9.17, 15) is 14.4 Å². The van der Waals surface area contributed by atoms with Gasteiger partial charge in [-0.25, -0.2) is 4.79 Å². The standard InChI is InChI=1S/C42H81NO6S/c1-3-5-7-9-11-13-15-17-19-21-23-25-27-29-31-33-35-47-40(44)37-39(43-42(46)49-50)38-41(45)48-36-34-32-30-28-26-24-22-20-18-16-14-12-10-8-6-4-2/h39,50H,3-38H2,1-2H3,(H,43,46). The van der Waals surface area contributed by atoms with Gasteiger partial charge in [0.1, 0.15) is 0 Å². The molecule has 0 aliphatic rings. The number of carbonyl (C=O) groups excluding carboxylic acids is 3. The van der Waals surface area contributed by atoms with Crippen LogP contribution >= 0.6 is 12.9 Å². The normalized spacial score (nSPS) is 11.2. The Balaban J connectivity index is 3.76. The predicted molar refractivity (Wildman–Crippen MR) is 213 cm³/mol. The summed E-state index contributed by atoms with van der Waals surface area (Å²) in [6.45, 7) is 5.24. The average molecular weight is 728 g/mol. The van der Waals surface area contributed by atoms with Gasteiger partial charge in [0.05, 0.1) is 32.1 Å². The molecule has 8 heteroatoms. The van der Waals surface area contributed by atoms with Gasteiger partial charge in [-0.2, -0.15) is 0 Å². The van der Waals surface area contributed by atoms with E-state index >= 15 is 0 Å². The van der Waals surface area contributed by atoms with Gasteiger partial charge in [0, 0.05) is 12.9 Å². The molecule has 0 bridgehead atoms. The zero-order valence-electron chi connectivity index (χ0n) is 32.9. The van der Waals surface area contributed by atoms with Gasteiger partial charge in [0.25, 0.3) is 0 Å². The summed E-state index contributed by atoms with van der Waals surface area (Å²) in [6, 6.07) is -0.758. The highest BCUT2D eigenvalue weighted by Crippen LogP contribution is 2.16. The van der Waals surface area contributed by atoms with Gasteiger partial charge in [-0.15, -0.1) is 0 Å². The van der Waals surface area contributed by atoms with Gasteiger partial charge in [0.15, 0.2) is 0 Å². The second kappa shape index (κ2) is 40.3. The molecular weight excluding hydrogens is 647 g/mol. The molecule has 0 unspecified atom stereocenters. The van der Waals surface area contributed by atoms with Crippen LogP contribution in [0.25, 0.3) is 0 Å². The van der Waals surface area contributed by atoms with Crippen LogP contribution in [0, 0.1) is 0 Å². The molecule has 0 spiro atoms. The van der Waals surface area contributed by atoms with Gasteiger partial charge >= 0.3 is 18.0 Å². The first-order valence-electron chi connectivity index (χ1n) is 21.5. The third-order valence-corrected chi connectivity index (χ3v) is 9.92. The summed E-state index contributed by atoms with van der Waals surface area (Å²) in [5.74, 6) is -0.887. The SMILES string of the molecule is CCCCCCCCCCCCCCCCCCOC(=O)CC(CC(=O)OCCCCCCCCCCCCCCCCCC)NC(=O)OS. The highest BCUT2D eigenvalue weighted by atomic mass is 32.1. The molecule has 0 aromatic heterocycles. The van der Waals surface area contributed by atoms with Crippen molar-refractivity contribution in [3.8, 4) is 0 Å². The molecule has 0 rings (SSSR count). The van der Waals surface area contributed by atoms with Crippen molar-refractivity contribution < 1.29 is 28.0 Å². The highest BCUT2D eigenvalue weighted by molar-refractivity contribution is 7.75. The Morgan fingerprint density at radius 3 is 0.900 bits per heavy atom. The molecule has 1 amide bonds. The van der Waals surface area contributed by atoms with Gasteiger partial charge in [-0.05, 0) is 12.8 Å². The van der Waals surface area contributed by atoms with Crippen LogP contribution in [0.5, 0.6) is 0 Å². The molecule has 0 aliphatic carbocycles. The van der Waals surface area contributed by atoms with Crippen LogP contribution in [0.15, 0.2) is 0 Å². The fourth-order valence-corrected chi connectivity index (χ4v) is 6.61. The first-order valence-corrected chi connectivity index (χ1v) is 21.8. The lowest BCUT2D eigenvalue weighted by molar-refractivity contribution is -0.146. The molecule has 0 atom stereocenters. The van der Waals surface area contributed by atoms with Crippen LogP contribution in [0.3, 0.4) is 0 Å². The Morgan fingerprint density at radius 1 is 0.420 bits per heavy atom. The number of nitrogens with one attached hydrogen (secondary N) is 1. The Kier molecular flexibility index (Phi) is 39.2. The van der Waals surface area contributed by atoms with Crippen molar-refractivity contribution in [2.45, 2.75) is 238 Å². The van der Waals surface area contributed by atoms with E-state index < -0.39 is 24.1 Å². The van der Waals surface area contributed by atoms with Crippen molar-refractivity contribution in [3.63, 3.8) is 0 Å². The summed E-state index contributed by atoms with van der Waals surface area (Å²) < 4.78 is 15.1. The summed E-state index contributed by atoms with van der Waals surface area (Å²) in [4.78, 5) is 36.5. The van der Waals surface area contributed by atoms with E-state index in [2.05, 4.69) is 36.3 Å². The molecule has 7 nitrogen and oxygen atoms in total. The van der Waals surface area contributed by atoms with Crippen LogP contribution < -0.4 is 5.32 Å². The molecule has 0 aliphatic heterocycles. The average Bonchev–Trinajstić information content (AvgIpc) is 3.10. The summed E-state index contributed by atoms with van der Waals surface area (Å²) in [6.07, 6.45) is 40.3. The topological polar surface area (TPSA) is 90.9 Å². The van der Waals surface area contributed by atoms with Crippen molar-refractivity contribution in [1.82, 2.24) is 5.32 Å². The molecule has 296 valence electrons. The van der Waals surface area contributed by atoms with E-state index in [0.717, 1.165) is 38.5 Å². The number of ether oxygens (including phenoxy) is 2. The molecule has 0 saturated carbocycles.